The maximum absolute atomic E-state index is 8.33. The van der Waals surface area contributed by atoms with E-state index < -0.39 is 6.16 Å². The van der Waals surface area contributed by atoms with Gasteiger partial charge in [0.2, 0.25) is 0 Å². The summed E-state index contributed by atoms with van der Waals surface area (Å²) in [6, 6.07) is 0. The minimum atomic E-state index is -2.33. The molecular weight excluding hydrogens is 579 g/mol. The first-order chi connectivity index (χ1) is 1.73. The number of carboxylic acid groups (broad SMARTS) is 2. The molecule has 0 aliphatic heterocycles. The van der Waals surface area contributed by atoms with Crippen molar-refractivity contribution < 1.29 is 120 Å². The summed E-state index contributed by atoms with van der Waals surface area (Å²) in [5, 5.41) is 16.7. The van der Waals surface area contributed by atoms with Gasteiger partial charge in [-0.05, 0) is 6.16 Å². The maximum atomic E-state index is 8.33. The van der Waals surface area contributed by atoms with E-state index in [0.717, 1.165) is 0 Å². The Hall–Kier alpha value is 4.81. The van der Waals surface area contributed by atoms with Crippen LogP contribution in [0.2, 0.25) is 0 Å². The Kier molecular flexibility index (Phi) is 11200. The minimum Gasteiger partial charge on any atom is -0.870 e. The zero-order chi connectivity index (χ0) is 3.58. The molecule has 0 aliphatic carbocycles. The van der Waals surface area contributed by atoms with Crippen molar-refractivity contribution in [1.82, 2.24) is 0 Å². The maximum Gasteiger partial charge on any atom is 3.00 e. The fourth-order valence-corrected chi connectivity index (χ4v) is 0. The van der Waals surface area contributed by atoms with Crippen LogP contribution in [0.15, 0.2) is 0 Å². The average Bonchev–Trinajstić information content (AvgIpc) is 0.811. The van der Waals surface area contributed by atoms with Crippen molar-refractivity contribution in [3.63, 3.8) is 0 Å². The summed E-state index contributed by atoms with van der Waals surface area (Å²) >= 11 is 0. The molecule has 28 heteroatoms. The Morgan fingerprint density at radius 3 is 0.345 bits per heavy atom. The zero-order valence-electron chi connectivity index (χ0n) is 14.6. The molecule has 29 heavy (non-hydrogen) atoms. The van der Waals surface area contributed by atoms with Crippen molar-refractivity contribution in [3.05, 3.63) is 0 Å². The van der Waals surface area contributed by atoms with E-state index in [1.807, 2.05) is 0 Å². The predicted molar refractivity (Wildman–Crippen MR) is 82.4 cm³/mol. The molecule has 0 aromatic carbocycles. The molecule has 0 atom stereocenters. The van der Waals surface area contributed by atoms with Gasteiger partial charge in [0.1, 0.15) is 0 Å². The van der Waals surface area contributed by atoms with Crippen molar-refractivity contribution in [2.24, 2.45) is 0 Å². The van der Waals surface area contributed by atoms with Gasteiger partial charge in [-0.25, -0.2) is 0 Å². The SMILES string of the molecule is O=C([O-])[O-].[Al+3].[Al+3].[Cu].[Mg+2].[Mg+2].[Mg+2].[Mg+2].[Mg+2].[Mg+2].[OH-].[OH-].[OH-].[OH-].[OH-].[OH-].[OH-].[OH-].[OH-].[OH-].[OH-].[OH-].[OH-].[OH-].[OH-].[OH-]. The molecule has 0 saturated carbocycles. The molecule has 163 valence electrons. The predicted octanol–water partition coefficient (Wildman–Crippen LogP) is -8.32. The van der Waals surface area contributed by atoms with Crippen LogP contribution in [0.1, 0.15) is 0 Å². The third-order valence-electron chi connectivity index (χ3n) is 0. The van der Waals surface area contributed by atoms with E-state index in [1.165, 1.54) is 0 Å². The topological polar surface area (TPSA) is 543 Å². The smallest absolute Gasteiger partial charge is 0.870 e. The molecule has 0 unspecified atom stereocenters. The average molecular weight is 595 g/mol. The van der Waals surface area contributed by atoms with Gasteiger partial charge in [0.15, 0.2) is 0 Å². The molecule has 0 rings (SSSR count). The Bertz CT molecular complexity index is 65.7. The van der Waals surface area contributed by atoms with Gasteiger partial charge in [-0.3, -0.25) is 0 Å². The van der Waals surface area contributed by atoms with Crippen LogP contribution < -0.4 is 10.2 Å². The van der Waals surface area contributed by atoms with Crippen LogP contribution in [-0.4, -0.2) is 267 Å². The second-order valence-corrected chi connectivity index (χ2v) is 0.250. The molecule has 0 amide bonds. The molecule has 0 bridgehead atoms. The summed E-state index contributed by atoms with van der Waals surface area (Å²) in [5.41, 5.74) is 0. The summed E-state index contributed by atoms with van der Waals surface area (Å²) in [6.45, 7) is 0. The molecule has 16 N–H and O–H groups in total. The van der Waals surface area contributed by atoms with Crippen LogP contribution in [0, 0.1) is 0 Å². The van der Waals surface area contributed by atoms with Gasteiger partial charge < -0.3 is 103 Å². The van der Waals surface area contributed by atoms with Crippen LogP contribution in [-0.2, 0) is 17.1 Å². The second-order valence-electron chi connectivity index (χ2n) is 0.250. The van der Waals surface area contributed by atoms with Crippen molar-refractivity contribution in [2.75, 3.05) is 0 Å². The van der Waals surface area contributed by atoms with Crippen LogP contribution in [0.25, 0.3) is 0 Å². The van der Waals surface area contributed by atoms with E-state index >= 15 is 0 Å². The molecule has 1 radical (unpaired) electrons. The molecule has 0 aliphatic rings. The number of rotatable bonds is 0. The Balaban J connectivity index is -0.000000000150. The summed E-state index contributed by atoms with van der Waals surface area (Å²) in [6.07, 6.45) is -2.33. The van der Waals surface area contributed by atoms with E-state index in [9.17, 15) is 0 Å². The molecule has 0 aromatic heterocycles. The van der Waals surface area contributed by atoms with E-state index in [1.54, 1.807) is 0 Å². The van der Waals surface area contributed by atoms with Gasteiger partial charge in [-0.15, -0.1) is 0 Å². The molecule has 0 spiro atoms. The van der Waals surface area contributed by atoms with Gasteiger partial charge >= 0.3 is 173 Å². The minimum absolute atomic E-state index is 0. The number of hydrogen-bond acceptors (Lipinski definition) is 19. The van der Waals surface area contributed by atoms with Crippen molar-refractivity contribution in [3.8, 4) is 0 Å². The quantitative estimate of drug-likeness (QED) is 0.234. The number of carbonyl (C=O) groups excluding carboxylic acids is 1. The third kappa shape index (κ3) is 1350. The summed E-state index contributed by atoms with van der Waals surface area (Å²) < 4.78 is 0. The molecular formula is CH16Al2CuMg6O19. The van der Waals surface area contributed by atoms with Crippen LogP contribution in [0.3, 0.4) is 0 Å². The largest absolute Gasteiger partial charge is 3.00 e. The first kappa shape index (κ1) is 597. The van der Waals surface area contributed by atoms with E-state index in [2.05, 4.69) is 0 Å². The van der Waals surface area contributed by atoms with Crippen molar-refractivity contribution in [2.45, 2.75) is 0 Å². The fraction of sp³-hybridized carbons (Fsp3) is 0. The summed E-state index contributed by atoms with van der Waals surface area (Å²) in [7, 11) is 0. The van der Waals surface area contributed by atoms with Gasteiger partial charge in [-0.2, -0.15) is 0 Å². The Morgan fingerprint density at radius 1 is 0.345 bits per heavy atom. The molecule has 0 fully saturated rings. The Morgan fingerprint density at radius 2 is 0.345 bits per heavy atom. The molecule has 19 nitrogen and oxygen atoms in total. The van der Waals surface area contributed by atoms with E-state index in [-0.39, 0.29) is 278 Å². The van der Waals surface area contributed by atoms with E-state index in [4.69, 9.17) is 15.0 Å². The number of carbonyl (C=O) groups is 1. The van der Waals surface area contributed by atoms with Crippen LogP contribution in [0.5, 0.6) is 0 Å². The molecule has 0 aromatic rings. The standard InChI is InChI=1S/CH2O3.2Al.Cu.6Mg.16H2O/c2-1(3)4;;;;;;;;;;;;;;;;;;;;;;;;;/h(H2,2,3,4);;;;;;;;;;16*1H2/q;2*+3;;6*+2;;;;;;;;;;;;;;;;/p-18. The second kappa shape index (κ2) is 544. The monoisotopic (exact) mass is 593 g/mol. The van der Waals surface area contributed by atoms with Crippen LogP contribution >= 0.6 is 0 Å². The van der Waals surface area contributed by atoms with Crippen LogP contribution in [0.4, 0.5) is 4.79 Å². The van der Waals surface area contributed by atoms with Crippen molar-refractivity contribution in [1.29, 1.82) is 0 Å². The normalized spacial score (nSPS) is 0.828. The summed E-state index contributed by atoms with van der Waals surface area (Å²) in [4.78, 5) is 8.33. The Labute approximate surface area is 294 Å². The van der Waals surface area contributed by atoms with Gasteiger partial charge in [-0.1, -0.05) is 0 Å². The first-order valence-corrected chi connectivity index (χ1v) is 0.612. The van der Waals surface area contributed by atoms with Gasteiger partial charge in [0.25, 0.3) is 0 Å². The van der Waals surface area contributed by atoms with Gasteiger partial charge in [0, 0.05) is 17.1 Å². The van der Waals surface area contributed by atoms with Gasteiger partial charge in [0.05, 0.1) is 0 Å². The third-order valence-corrected chi connectivity index (χ3v) is 0. The fourth-order valence-electron chi connectivity index (χ4n) is 0. The molecule has 0 heterocycles. The zero-order valence-corrected chi connectivity index (χ0v) is 26.3. The van der Waals surface area contributed by atoms with Crippen molar-refractivity contribution >= 4 is 179 Å². The number of hydrogen-bond donors (Lipinski definition) is 0. The van der Waals surface area contributed by atoms with E-state index in [0.29, 0.717) is 0 Å². The first-order valence-electron chi connectivity index (χ1n) is 0.612. The molecule has 0 saturated heterocycles. The summed E-state index contributed by atoms with van der Waals surface area (Å²) in [5.74, 6) is 0.